The highest BCUT2D eigenvalue weighted by Gasteiger charge is 1.91. The van der Waals surface area contributed by atoms with Crippen LogP contribution in [0.5, 0.6) is 0 Å². The highest BCUT2D eigenvalue weighted by Crippen LogP contribution is 1.82. The first-order valence-electron chi connectivity index (χ1n) is 6.90. The number of aliphatic hydroxyl groups is 1. The number of rotatable bonds is 5. The lowest BCUT2D eigenvalue weighted by molar-refractivity contribution is -0.133. The Morgan fingerprint density at radius 2 is 1.00 bits per heavy atom. The van der Waals surface area contributed by atoms with E-state index < -0.39 is 17.9 Å². The van der Waals surface area contributed by atoms with E-state index in [0.29, 0.717) is 0 Å². The van der Waals surface area contributed by atoms with Crippen molar-refractivity contribution in [2.24, 2.45) is 0 Å². The predicted molar refractivity (Wildman–Crippen MR) is 98.4 cm³/mol. The van der Waals surface area contributed by atoms with Gasteiger partial charge in [0.2, 0.25) is 0 Å². The van der Waals surface area contributed by atoms with Gasteiger partial charge < -0.3 is 20.4 Å². The van der Waals surface area contributed by atoms with E-state index in [2.05, 4.69) is 19.7 Å². The molecule has 0 aliphatic carbocycles. The smallest absolute Gasteiger partial charge is 0.330 e. The topological polar surface area (TPSA) is 132 Å². The van der Waals surface area contributed by atoms with E-state index in [1.54, 1.807) is 12.2 Å². The third kappa shape index (κ3) is 44.9. The summed E-state index contributed by atoms with van der Waals surface area (Å²) in [6.45, 7) is 15.9. The molecule has 0 aromatic rings. The summed E-state index contributed by atoms with van der Waals surface area (Å²) >= 11 is 0. The van der Waals surface area contributed by atoms with Gasteiger partial charge in [-0.05, 0) is 27.7 Å². The third-order valence-corrected chi connectivity index (χ3v) is 1.64. The minimum Gasteiger partial charge on any atom is -0.478 e. The van der Waals surface area contributed by atoms with Crippen LogP contribution in [-0.4, -0.2) is 44.9 Å². The molecule has 0 unspecified atom stereocenters. The van der Waals surface area contributed by atoms with Crippen LogP contribution in [0.4, 0.5) is 0 Å². The standard InChI is InChI=1S/C6H10O.3C4H6O2/c1-2-3-4-5-6-7;3*1-3(2)4(5)6/h2-5,7H,6H2,1H3;3*1H2,2H3,(H,5,6). The van der Waals surface area contributed by atoms with Crippen LogP contribution in [0.15, 0.2) is 60.8 Å². The van der Waals surface area contributed by atoms with Gasteiger partial charge in [0.25, 0.3) is 0 Å². The highest BCUT2D eigenvalue weighted by molar-refractivity contribution is 5.85. The quantitative estimate of drug-likeness (QED) is 0.439. The number of carbonyl (C=O) groups is 3. The second-order valence-corrected chi connectivity index (χ2v) is 4.39. The number of aliphatic hydroxyl groups excluding tert-OH is 1. The molecule has 0 atom stereocenters. The molecule has 4 N–H and O–H groups in total. The molecule has 142 valence electrons. The van der Waals surface area contributed by atoms with E-state index in [0.717, 1.165) is 0 Å². The van der Waals surface area contributed by atoms with E-state index in [9.17, 15) is 14.4 Å². The van der Waals surface area contributed by atoms with Crippen LogP contribution in [0.1, 0.15) is 27.7 Å². The van der Waals surface area contributed by atoms with Gasteiger partial charge >= 0.3 is 17.9 Å². The number of hydrogen-bond acceptors (Lipinski definition) is 4. The summed E-state index contributed by atoms with van der Waals surface area (Å²) in [7, 11) is 0. The minimum atomic E-state index is -0.935. The fourth-order valence-electron chi connectivity index (χ4n) is 0.251. The third-order valence-electron chi connectivity index (χ3n) is 1.64. The predicted octanol–water partition coefficient (Wildman–Crippen LogP) is 3.05. The zero-order valence-electron chi connectivity index (χ0n) is 15.2. The Morgan fingerprint density at radius 3 is 1.12 bits per heavy atom. The number of carboxylic acids is 3. The van der Waals surface area contributed by atoms with Gasteiger partial charge in [-0.15, -0.1) is 0 Å². The Hall–Kier alpha value is -2.93. The summed E-state index contributed by atoms with van der Waals surface area (Å²) in [5, 5.41) is 31.8. The molecule has 0 heterocycles. The number of aliphatic carboxylic acids is 3. The van der Waals surface area contributed by atoms with Crippen LogP contribution in [0, 0.1) is 0 Å². The van der Waals surface area contributed by atoms with Crippen LogP contribution >= 0.6 is 0 Å². The van der Waals surface area contributed by atoms with Crippen LogP contribution < -0.4 is 0 Å². The zero-order chi connectivity index (χ0) is 21.0. The van der Waals surface area contributed by atoms with Crippen molar-refractivity contribution in [3.8, 4) is 0 Å². The van der Waals surface area contributed by atoms with E-state index in [1.807, 2.05) is 19.1 Å². The average Bonchev–Trinajstić information content (AvgIpc) is 2.49. The van der Waals surface area contributed by atoms with Crippen molar-refractivity contribution in [2.75, 3.05) is 6.61 Å². The van der Waals surface area contributed by atoms with Crippen LogP contribution in [0.3, 0.4) is 0 Å². The lowest BCUT2D eigenvalue weighted by atomic mass is 10.4. The second-order valence-electron chi connectivity index (χ2n) is 4.39. The summed E-state index contributed by atoms with van der Waals surface area (Å²) < 4.78 is 0. The molecular formula is C18H28O7. The SMILES string of the molecule is C=C(C)C(=O)O.C=C(C)C(=O)O.C=C(C)C(=O)O.CC=CC=CCO. The van der Waals surface area contributed by atoms with Crippen molar-refractivity contribution in [3.63, 3.8) is 0 Å². The first kappa shape index (κ1) is 30.0. The molecular weight excluding hydrogens is 328 g/mol. The zero-order valence-corrected chi connectivity index (χ0v) is 15.2. The maximum atomic E-state index is 9.60. The van der Waals surface area contributed by atoms with Gasteiger partial charge in [-0.3, -0.25) is 0 Å². The minimum absolute atomic E-state index is 0.129. The molecule has 0 spiro atoms. The van der Waals surface area contributed by atoms with E-state index >= 15 is 0 Å². The molecule has 0 saturated heterocycles. The largest absolute Gasteiger partial charge is 0.478 e. The molecule has 0 aliphatic rings. The fourth-order valence-corrected chi connectivity index (χ4v) is 0.251. The van der Waals surface area contributed by atoms with Crippen molar-refractivity contribution in [3.05, 3.63) is 60.8 Å². The van der Waals surface area contributed by atoms with Crippen molar-refractivity contribution in [2.45, 2.75) is 27.7 Å². The molecule has 25 heavy (non-hydrogen) atoms. The first-order valence-corrected chi connectivity index (χ1v) is 6.90. The monoisotopic (exact) mass is 356 g/mol. The number of hydrogen-bond donors (Lipinski definition) is 4. The summed E-state index contributed by atoms with van der Waals surface area (Å²) in [4.78, 5) is 28.8. The molecule has 0 amide bonds. The van der Waals surface area contributed by atoms with Crippen molar-refractivity contribution >= 4 is 17.9 Å². The molecule has 0 rings (SSSR count). The molecule has 0 fully saturated rings. The molecule has 7 nitrogen and oxygen atoms in total. The highest BCUT2D eigenvalue weighted by atomic mass is 16.4. The van der Waals surface area contributed by atoms with Crippen molar-refractivity contribution in [1.82, 2.24) is 0 Å². The van der Waals surface area contributed by atoms with Crippen LogP contribution in [-0.2, 0) is 14.4 Å². The fraction of sp³-hybridized carbons (Fsp3) is 0.278. The van der Waals surface area contributed by atoms with Crippen molar-refractivity contribution < 1.29 is 34.8 Å². The summed E-state index contributed by atoms with van der Waals surface area (Å²) in [5.74, 6) is -2.81. The van der Waals surface area contributed by atoms with E-state index in [-0.39, 0.29) is 23.3 Å². The molecule has 0 aromatic heterocycles. The summed E-state index contributed by atoms with van der Waals surface area (Å²) in [6.07, 6.45) is 7.27. The number of carboxylic acid groups (broad SMARTS) is 3. The van der Waals surface area contributed by atoms with E-state index in [1.165, 1.54) is 20.8 Å². The molecule has 0 aromatic carbocycles. The Labute approximate surface area is 148 Å². The van der Waals surface area contributed by atoms with Crippen LogP contribution in [0.25, 0.3) is 0 Å². The second kappa shape index (κ2) is 21.1. The molecule has 0 radical (unpaired) electrons. The Balaban J connectivity index is -0.000000118. The lowest BCUT2D eigenvalue weighted by Gasteiger charge is -1.79. The average molecular weight is 356 g/mol. The molecule has 0 bridgehead atoms. The maximum Gasteiger partial charge on any atom is 0.330 e. The van der Waals surface area contributed by atoms with Crippen molar-refractivity contribution in [1.29, 1.82) is 0 Å². The molecule has 0 saturated carbocycles. The van der Waals surface area contributed by atoms with Gasteiger partial charge in [0, 0.05) is 16.7 Å². The normalized spacial score (nSPS) is 8.68. The lowest BCUT2D eigenvalue weighted by Crippen LogP contribution is -1.92. The van der Waals surface area contributed by atoms with Gasteiger partial charge in [-0.1, -0.05) is 44.0 Å². The number of allylic oxidation sites excluding steroid dienone is 3. The Morgan fingerprint density at radius 1 is 0.760 bits per heavy atom. The summed E-state index contributed by atoms with van der Waals surface area (Å²) in [5.41, 5.74) is 0.528. The van der Waals surface area contributed by atoms with Gasteiger partial charge in [-0.2, -0.15) is 0 Å². The first-order chi connectivity index (χ1) is 11.3. The van der Waals surface area contributed by atoms with Gasteiger partial charge in [-0.25, -0.2) is 14.4 Å². The Bertz CT molecular complexity index is 418. The van der Waals surface area contributed by atoms with Gasteiger partial charge in [0.05, 0.1) is 6.61 Å². The molecule has 7 heteroatoms. The van der Waals surface area contributed by atoms with Gasteiger partial charge in [0.1, 0.15) is 0 Å². The Kier molecular flexibility index (Phi) is 25.3. The van der Waals surface area contributed by atoms with Crippen LogP contribution in [0.2, 0.25) is 0 Å². The van der Waals surface area contributed by atoms with Gasteiger partial charge in [0.15, 0.2) is 0 Å². The molecule has 0 aliphatic heterocycles. The maximum absolute atomic E-state index is 9.60. The van der Waals surface area contributed by atoms with E-state index in [4.69, 9.17) is 20.4 Å². The summed E-state index contributed by atoms with van der Waals surface area (Å²) in [6, 6.07) is 0.